The standard InChI is InChI=1S/C30H31N3/c1-4-10-26(11-5-1)29(30(27-12-6-2-7-13-27)33-22-8-3-9-23-33)32-28-16-14-24(15-17-28)25-18-20-31-21-19-25/h1-2,4-7,10-21,29-30,32H,3,8-9,22-23H2/t29-,30+/m0/s1. The van der Waals surface area contributed by atoms with Gasteiger partial charge >= 0.3 is 0 Å². The van der Waals surface area contributed by atoms with Crippen LogP contribution in [0.15, 0.2) is 109 Å². The second kappa shape index (κ2) is 10.5. The van der Waals surface area contributed by atoms with Crippen LogP contribution in [0, 0.1) is 0 Å². The molecule has 33 heavy (non-hydrogen) atoms. The molecule has 3 heteroatoms. The number of likely N-dealkylation sites (tertiary alicyclic amines) is 1. The summed E-state index contributed by atoms with van der Waals surface area (Å²) in [5, 5.41) is 3.92. The molecule has 1 aliphatic heterocycles. The van der Waals surface area contributed by atoms with Crippen molar-refractivity contribution >= 4 is 5.69 Å². The summed E-state index contributed by atoms with van der Waals surface area (Å²) in [6.07, 6.45) is 7.56. The number of benzene rings is 3. The first-order chi connectivity index (χ1) is 16.4. The Morgan fingerprint density at radius 1 is 0.606 bits per heavy atom. The number of hydrogen-bond acceptors (Lipinski definition) is 3. The summed E-state index contributed by atoms with van der Waals surface area (Å²) in [5.41, 5.74) is 6.21. The largest absolute Gasteiger partial charge is 0.376 e. The highest BCUT2D eigenvalue weighted by Gasteiger charge is 2.31. The van der Waals surface area contributed by atoms with Gasteiger partial charge in [-0.2, -0.15) is 0 Å². The Labute approximate surface area is 197 Å². The zero-order chi connectivity index (χ0) is 22.3. The number of rotatable bonds is 7. The minimum absolute atomic E-state index is 0.151. The quantitative estimate of drug-likeness (QED) is 0.336. The maximum Gasteiger partial charge on any atom is 0.0710 e. The van der Waals surface area contributed by atoms with Crippen LogP contribution in [-0.2, 0) is 0 Å². The van der Waals surface area contributed by atoms with E-state index in [1.54, 1.807) is 0 Å². The van der Waals surface area contributed by atoms with Gasteiger partial charge in [0.2, 0.25) is 0 Å². The first kappa shape index (κ1) is 21.4. The van der Waals surface area contributed by atoms with E-state index in [1.165, 1.54) is 41.5 Å². The highest BCUT2D eigenvalue weighted by molar-refractivity contribution is 5.65. The smallest absolute Gasteiger partial charge is 0.0710 e. The van der Waals surface area contributed by atoms with E-state index in [9.17, 15) is 0 Å². The SMILES string of the molecule is c1ccc([C@H]([C@@H](Nc2ccc(-c3ccncc3)cc2)c2ccccc2)N2CCCCC2)cc1. The van der Waals surface area contributed by atoms with E-state index in [1.807, 2.05) is 12.4 Å². The van der Waals surface area contributed by atoms with Crippen LogP contribution in [0.4, 0.5) is 5.69 Å². The van der Waals surface area contributed by atoms with Crippen molar-refractivity contribution in [1.29, 1.82) is 0 Å². The van der Waals surface area contributed by atoms with E-state index in [2.05, 4.69) is 112 Å². The number of nitrogens with zero attached hydrogens (tertiary/aromatic N) is 2. The van der Waals surface area contributed by atoms with E-state index in [0.29, 0.717) is 0 Å². The Balaban J connectivity index is 1.50. The number of aromatic nitrogens is 1. The van der Waals surface area contributed by atoms with Crippen LogP contribution >= 0.6 is 0 Å². The van der Waals surface area contributed by atoms with Gasteiger partial charge in [0.1, 0.15) is 0 Å². The molecular weight excluding hydrogens is 402 g/mol. The van der Waals surface area contributed by atoms with E-state index in [0.717, 1.165) is 18.8 Å². The van der Waals surface area contributed by atoms with Gasteiger partial charge in [-0.1, -0.05) is 79.2 Å². The van der Waals surface area contributed by atoms with Crippen molar-refractivity contribution in [2.24, 2.45) is 0 Å². The molecule has 2 heterocycles. The van der Waals surface area contributed by atoms with Crippen molar-refractivity contribution in [2.45, 2.75) is 31.3 Å². The van der Waals surface area contributed by atoms with Gasteiger partial charge in [0.15, 0.2) is 0 Å². The van der Waals surface area contributed by atoms with Gasteiger partial charge in [0, 0.05) is 18.1 Å². The van der Waals surface area contributed by atoms with E-state index in [-0.39, 0.29) is 12.1 Å². The van der Waals surface area contributed by atoms with Crippen LogP contribution in [0.2, 0.25) is 0 Å². The first-order valence-corrected chi connectivity index (χ1v) is 12.0. The maximum absolute atomic E-state index is 4.14. The predicted octanol–water partition coefficient (Wildman–Crippen LogP) is 7.13. The van der Waals surface area contributed by atoms with Gasteiger partial charge in [0.25, 0.3) is 0 Å². The van der Waals surface area contributed by atoms with Crippen LogP contribution in [0.25, 0.3) is 11.1 Å². The second-order valence-electron chi connectivity index (χ2n) is 8.80. The van der Waals surface area contributed by atoms with Gasteiger partial charge in [-0.3, -0.25) is 9.88 Å². The Kier molecular flexibility index (Phi) is 6.79. The summed E-state index contributed by atoms with van der Waals surface area (Å²) in [6, 6.07) is 35.2. The van der Waals surface area contributed by atoms with Gasteiger partial charge in [-0.05, 0) is 72.5 Å². The summed E-state index contributed by atoms with van der Waals surface area (Å²) in [6.45, 7) is 2.29. The molecule has 1 aromatic heterocycles. The third-order valence-electron chi connectivity index (χ3n) is 6.62. The summed E-state index contributed by atoms with van der Waals surface area (Å²) in [5.74, 6) is 0. The molecule has 0 radical (unpaired) electrons. The highest BCUT2D eigenvalue weighted by Crippen LogP contribution is 2.38. The van der Waals surface area contributed by atoms with Crippen molar-refractivity contribution in [3.63, 3.8) is 0 Å². The van der Waals surface area contributed by atoms with Gasteiger partial charge in [0.05, 0.1) is 12.1 Å². The third kappa shape index (κ3) is 5.15. The Hall–Kier alpha value is -3.43. The molecule has 3 aromatic carbocycles. The lowest BCUT2D eigenvalue weighted by Crippen LogP contribution is -2.39. The highest BCUT2D eigenvalue weighted by atomic mass is 15.2. The van der Waals surface area contributed by atoms with E-state index < -0.39 is 0 Å². The molecule has 1 N–H and O–H groups in total. The van der Waals surface area contributed by atoms with Gasteiger partial charge < -0.3 is 5.32 Å². The average Bonchev–Trinajstić information content (AvgIpc) is 2.91. The zero-order valence-corrected chi connectivity index (χ0v) is 19.0. The van der Waals surface area contributed by atoms with Crippen molar-refractivity contribution in [3.8, 4) is 11.1 Å². The molecule has 3 nitrogen and oxygen atoms in total. The lowest BCUT2D eigenvalue weighted by molar-refractivity contribution is 0.147. The molecular formula is C30H31N3. The van der Waals surface area contributed by atoms with Crippen LogP contribution in [0.3, 0.4) is 0 Å². The third-order valence-corrected chi connectivity index (χ3v) is 6.62. The number of anilines is 1. The topological polar surface area (TPSA) is 28.2 Å². The van der Waals surface area contributed by atoms with Gasteiger partial charge in [-0.15, -0.1) is 0 Å². The molecule has 0 bridgehead atoms. The fourth-order valence-electron chi connectivity index (χ4n) is 4.95. The molecule has 1 fully saturated rings. The molecule has 0 spiro atoms. The van der Waals surface area contributed by atoms with Gasteiger partial charge in [-0.25, -0.2) is 0 Å². The Bertz CT molecular complexity index is 1110. The van der Waals surface area contributed by atoms with Crippen LogP contribution in [-0.4, -0.2) is 23.0 Å². The lowest BCUT2D eigenvalue weighted by Gasteiger charge is -2.40. The molecule has 2 atom stereocenters. The van der Waals surface area contributed by atoms with Crippen molar-refractivity contribution in [2.75, 3.05) is 18.4 Å². The van der Waals surface area contributed by atoms with Crippen LogP contribution in [0.1, 0.15) is 42.5 Å². The van der Waals surface area contributed by atoms with Crippen molar-refractivity contribution < 1.29 is 0 Å². The Morgan fingerprint density at radius 2 is 1.18 bits per heavy atom. The molecule has 1 aliphatic rings. The average molecular weight is 434 g/mol. The number of hydrogen-bond donors (Lipinski definition) is 1. The summed E-state index contributed by atoms with van der Waals surface area (Å²) >= 11 is 0. The monoisotopic (exact) mass is 433 g/mol. The van der Waals surface area contributed by atoms with Crippen LogP contribution in [0.5, 0.6) is 0 Å². The van der Waals surface area contributed by atoms with Crippen LogP contribution < -0.4 is 5.32 Å². The predicted molar refractivity (Wildman–Crippen MR) is 137 cm³/mol. The molecule has 1 saturated heterocycles. The fraction of sp³-hybridized carbons (Fsp3) is 0.233. The van der Waals surface area contributed by atoms with Crippen molar-refractivity contribution in [3.05, 3.63) is 121 Å². The summed E-state index contributed by atoms with van der Waals surface area (Å²) in [4.78, 5) is 6.81. The minimum Gasteiger partial charge on any atom is -0.376 e. The maximum atomic E-state index is 4.14. The first-order valence-electron chi connectivity index (χ1n) is 12.0. The second-order valence-corrected chi connectivity index (χ2v) is 8.80. The van der Waals surface area contributed by atoms with E-state index >= 15 is 0 Å². The van der Waals surface area contributed by atoms with Crippen molar-refractivity contribution in [1.82, 2.24) is 9.88 Å². The molecule has 0 aliphatic carbocycles. The molecule has 0 unspecified atom stereocenters. The molecule has 0 saturated carbocycles. The lowest BCUT2D eigenvalue weighted by atomic mass is 9.90. The number of piperidine rings is 1. The Morgan fingerprint density at radius 3 is 1.82 bits per heavy atom. The number of pyridine rings is 1. The zero-order valence-electron chi connectivity index (χ0n) is 19.0. The number of nitrogens with one attached hydrogen (secondary N) is 1. The summed E-state index contributed by atoms with van der Waals surface area (Å²) < 4.78 is 0. The van der Waals surface area contributed by atoms with E-state index in [4.69, 9.17) is 0 Å². The normalized spacial score (nSPS) is 16.1. The summed E-state index contributed by atoms with van der Waals surface area (Å²) in [7, 11) is 0. The molecule has 0 amide bonds. The molecule has 4 aromatic rings. The molecule has 166 valence electrons. The minimum atomic E-state index is 0.151. The fourth-order valence-corrected chi connectivity index (χ4v) is 4.95. The molecule has 5 rings (SSSR count).